The van der Waals surface area contributed by atoms with Crippen LogP contribution in [-0.4, -0.2) is 25.8 Å². The van der Waals surface area contributed by atoms with Crippen LogP contribution in [0, 0.1) is 5.92 Å². The molecule has 3 rings (SSSR count). The molecule has 0 bridgehead atoms. The molecule has 1 aliphatic heterocycles. The lowest BCUT2D eigenvalue weighted by Crippen LogP contribution is -2.17. The maximum atomic E-state index is 12.3. The minimum Gasteiger partial charge on any atom is -0.325 e. The van der Waals surface area contributed by atoms with Gasteiger partial charge in [-0.05, 0) is 46.6 Å². The molecule has 1 N–H and O–H groups in total. The lowest BCUT2D eigenvalue weighted by Gasteiger charge is -2.19. The molecule has 2 aromatic rings. The van der Waals surface area contributed by atoms with Crippen molar-refractivity contribution in [3.8, 4) is 11.1 Å². The minimum atomic E-state index is -2.98. The molecule has 0 spiro atoms. The quantitative estimate of drug-likeness (QED) is 0.752. The molecule has 1 unspecified atom stereocenters. The Labute approximate surface area is 172 Å². The summed E-state index contributed by atoms with van der Waals surface area (Å²) in [5.41, 5.74) is 3.94. The van der Waals surface area contributed by atoms with Gasteiger partial charge in [-0.25, -0.2) is 8.42 Å². The molecule has 6 heteroatoms. The van der Waals surface area contributed by atoms with Crippen molar-refractivity contribution in [1.29, 1.82) is 0 Å². The summed E-state index contributed by atoms with van der Waals surface area (Å²) in [5.74, 6) is -0.0397. The number of sulfone groups is 1. The molecule has 0 radical (unpaired) electrons. The Morgan fingerprint density at radius 2 is 1.75 bits per heavy atom. The van der Waals surface area contributed by atoms with E-state index in [1.165, 1.54) is 5.56 Å². The molecule has 1 fully saturated rings. The Bertz CT molecular complexity index is 976. The predicted octanol–water partition coefficient (Wildman–Crippen LogP) is 5.07. The fourth-order valence-electron chi connectivity index (χ4n) is 3.46. The second-order valence-electron chi connectivity index (χ2n) is 8.54. The van der Waals surface area contributed by atoms with Crippen molar-refractivity contribution in [1.82, 2.24) is 0 Å². The van der Waals surface area contributed by atoms with Gasteiger partial charge in [0.25, 0.3) is 0 Å². The molecule has 2 aromatic carbocycles. The molecule has 1 aliphatic rings. The molecule has 0 aromatic heterocycles. The van der Waals surface area contributed by atoms with E-state index in [4.69, 9.17) is 11.6 Å². The Hall–Kier alpha value is -1.85. The van der Waals surface area contributed by atoms with Gasteiger partial charge in [-0.3, -0.25) is 4.79 Å². The van der Waals surface area contributed by atoms with Crippen LogP contribution in [0.1, 0.15) is 39.2 Å². The SMILES string of the molecule is CC(C)(C)c1ccc(-c2ccc(NC(=O)CC3CCS(=O)(=O)C3)c(Cl)c2)cc1. The van der Waals surface area contributed by atoms with E-state index in [0.29, 0.717) is 17.1 Å². The number of hydrogen-bond donors (Lipinski definition) is 1. The van der Waals surface area contributed by atoms with E-state index in [0.717, 1.165) is 11.1 Å². The van der Waals surface area contributed by atoms with Crippen molar-refractivity contribution in [2.24, 2.45) is 5.92 Å². The zero-order chi connectivity index (χ0) is 20.5. The molecule has 150 valence electrons. The highest BCUT2D eigenvalue weighted by Gasteiger charge is 2.29. The molecule has 4 nitrogen and oxygen atoms in total. The van der Waals surface area contributed by atoms with Crippen LogP contribution in [0.15, 0.2) is 42.5 Å². The van der Waals surface area contributed by atoms with Crippen LogP contribution >= 0.6 is 11.6 Å². The van der Waals surface area contributed by atoms with E-state index in [1.807, 2.05) is 12.1 Å². The van der Waals surface area contributed by atoms with Gasteiger partial charge in [0.2, 0.25) is 5.91 Å². The number of hydrogen-bond acceptors (Lipinski definition) is 3. The van der Waals surface area contributed by atoms with E-state index >= 15 is 0 Å². The molecule has 1 saturated heterocycles. The van der Waals surface area contributed by atoms with Crippen LogP contribution in [-0.2, 0) is 20.0 Å². The summed E-state index contributed by atoms with van der Waals surface area (Å²) >= 11 is 6.38. The third kappa shape index (κ3) is 5.15. The molecular weight excluding hydrogens is 394 g/mol. The predicted molar refractivity (Wildman–Crippen MR) is 116 cm³/mol. The number of carbonyl (C=O) groups is 1. The van der Waals surface area contributed by atoms with Crippen LogP contribution in [0.4, 0.5) is 5.69 Å². The molecule has 1 atom stereocenters. The van der Waals surface area contributed by atoms with Crippen molar-refractivity contribution in [3.63, 3.8) is 0 Å². The number of amides is 1. The van der Waals surface area contributed by atoms with Gasteiger partial charge in [-0.2, -0.15) is 0 Å². The normalized spacial score (nSPS) is 18.8. The Balaban J connectivity index is 1.68. The van der Waals surface area contributed by atoms with Gasteiger partial charge in [-0.15, -0.1) is 0 Å². The Kier molecular flexibility index (Phi) is 5.87. The smallest absolute Gasteiger partial charge is 0.224 e. The van der Waals surface area contributed by atoms with Crippen molar-refractivity contribution in [2.75, 3.05) is 16.8 Å². The van der Waals surface area contributed by atoms with Gasteiger partial charge in [0.1, 0.15) is 0 Å². The highest BCUT2D eigenvalue weighted by atomic mass is 35.5. The topological polar surface area (TPSA) is 63.2 Å². The minimum absolute atomic E-state index is 0.0949. The van der Waals surface area contributed by atoms with Gasteiger partial charge < -0.3 is 5.32 Å². The first-order valence-electron chi connectivity index (χ1n) is 9.44. The number of nitrogens with one attached hydrogen (secondary N) is 1. The molecule has 1 amide bonds. The van der Waals surface area contributed by atoms with Crippen LogP contribution in [0.5, 0.6) is 0 Å². The fourth-order valence-corrected chi connectivity index (χ4v) is 5.54. The highest BCUT2D eigenvalue weighted by Crippen LogP contribution is 2.31. The van der Waals surface area contributed by atoms with Crippen LogP contribution in [0.3, 0.4) is 0 Å². The van der Waals surface area contributed by atoms with Crippen LogP contribution < -0.4 is 5.32 Å². The van der Waals surface area contributed by atoms with Gasteiger partial charge >= 0.3 is 0 Å². The summed E-state index contributed by atoms with van der Waals surface area (Å²) in [4.78, 5) is 12.3. The fraction of sp³-hybridized carbons (Fsp3) is 0.409. The van der Waals surface area contributed by atoms with Crippen molar-refractivity contribution in [3.05, 3.63) is 53.1 Å². The van der Waals surface area contributed by atoms with Gasteiger partial charge in [0.15, 0.2) is 9.84 Å². The van der Waals surface area contributed by atoms with Gasteiger partial charge in [0.05, 0.1) is 22.2 Å². The zero-order valence-corrected chi connectivity index (χ0v) is 18.0. The van der Waals surface area contributed by atoms with Gasteiger partial charge in [0, 0.05) is 6.42 Å². The summed E-state index contributed by atoms with van der Waals surface area (Å²) in [5, 5.41) is 3.27. The van der Waals surface area contributed by atoms with Crippen molar-refractivity contribution < 1.29 is 13.2 Å². The summed E-state index contributed by atoms with van der Waals surface area (Å²) in [7, 11) is -2.98. The van der Waals surface area contributed by atoms with E-state index in [9.17, 15) is 13.2 Å². The Morgan fingerprint density at radius 1 is 1.11 bits per heavy atom. The molecule has 1 heterocycles. The summed E-state index contributed by atoms with van der Waals surface area (Å²) in [6, 6.07) is 13.9. The van der Waals surface area contributed by atoms with E-state index in [2.05, 4.69) is 50.4 Å². The first kappa shape index (κ1) is 20.9. The summed E-state index contributed by atoms with van der Waals surface area (Å²) in [6.45, 7) is 6.53. The standard InChI is InChI=1S/C22H26ClNO3S/c1-22(2,3)18-7-4-16(5-8-18)17-6-9-20(19(23)13-17)24-21(25)12-15-10-11-28(26,27)14-15/h4-9,13,15H,10-12,14H2,1-3H3,(H,24,25). The third-order valence-corrected chi connectivity index (χ3v) is 7.28. The number of rotatable bonds is 4. The van der Waals surface area contributed by atoms with E-state index in [-0.39, 0.29) is 35.2 Å². The summed E-state index contributed by atoms with van der Waals surface area (Å²) in [6.07, 6.45) is 0.749. The molecule has 0 saturated carbocycles. The second kappa shape index (κ2) is 7.88. The van der Waals surface area contributed by atoms with Crippen molar-refractivity contribution in [2.45, 2.75) is 39.0 Å². The average Bonchev–Trinajstić information content (AvgIpc) is 2.94. The number of anilines is 1. The first-order valence-corrected chi connectivity index (χ1v) is 11.6. The second-order valence-corrected chi connectivity index (χ2v) is 11.2. The Morgan fingerprint density at radius 3 is 2.29 bits per heavy atom. The van der Waals surface area contributed by atoms with Crippen molar-refractivity contribution >= 4 is 33.0 Å². The number of halogens is 1. The molecule has 28 heavy (non-hydrogen) atoms. The summed E-state index contributed by atoms with van der Waals surface area (Å²) < 4.78 is 23.1. The van der Waals surface area contributed by atoms with Crippen LogP contribution in [0.2, 0.25) is 5.02 Å². The third-order valence-electron chi connectivity index (χ3n) is 5.13. The maximum Gasteiger partial charge on any atom is 0.224 e. The molecule has 0 aliphatic carbocycles. The average molecular weight is 420 g/mol. The highest BCUT2D eigenvalue weighted by molar-refractivity contribution is 7.91. The number of carbonyl (C=O) groups excluding carboxylic acids is 1. The lowest BCUT2D eigenvalue weighted by atomic mass is 9.86. The first-order chi connectivity index (χ1) is 13.0. The largest absolute Gasteiger partial charge is 0.325 e. The van der Waals surface area contributed by atoms with E-state index in [1.54, 1.807) is 6.07 Å². The van der Waals surface area contributed by atoms with E-state index < -0.39 is 9.84 Å². The maximum absolute atomic E-state index is 12.3. The number of benzene rings is 2. The monoisotopic (exact) mass is 419 g/mol. The molecular formula is C22H26ClNO3S. The zero-order valence-electron chi connectivity index (χ0n) is 16.5. The van der Waals surface area contributed by atoms with Crippen LogP contribution in [0.25, 0.3) is 11.1 Å². The van der Waals surface area contributed by atoms with Gasteiger partial charge in [-0.1, -0.05) is 62.7 Å². The lowest BCUT2D eigenvalue weighted by molar-refractivity contribution is -0.116.